The molecule has 0 saturated carbocycles. The molecule has 1 fully saturated rings. The summed E-state index contributed by atoms with van der Waals surface area (Å²) in [6.07, 6.45) is 2.42. The molecule has 0 aliphatic carbocycles. The Morgan fingerprint density at radius 3 is 2.50 bits per heavy atom. The van der Waals surface area contributed by atoms with E-state index in [1.807, 2.05) is 12.1 Å². The number of piperidine rings is 1. The highest BCUT2D eigenvalue weighted by molar-refractivity contribution is 5.30. The number of likely N-dealkylation sites (tertiary alicyclic amines) is 1. The summed E-state index contributed by atoms with van der Waals surface area (Å²) >= 11 is 0. The monoisotopic (exact) mass is 219 g/mol. The van der Waals surface area contributed by atoms with Crippen molar-refractivity contribution in [2.75, 3.05) is 13.1 Å². The second-order valence-corrected chi connectivity index (χ2v) is 5.00. The average Bonchev–Trinajstić information content (AvgIpc) is 2.29. The average molecular weight is 219 g/mol. The van der Waals surface area contributed by atoms with Crippen molar-refractivity contribution in [1.29, 1.82) is 0 Å². The Hall–Kier alpha value is -1.02. The van der Waals surface area contributed by atoms with E-state index < -0.39 is 0 Å². The summed E-state index contributed by atoms with van der Waals surface area (Å²) in [7, 11) is 0. The Morgan fingerprint density at radius 2 is 1.94 bits per heavy atom. The lowest BCUT2D eigenvalue weighted by Crippen LogP contribution is -2.37. The number of phenols is 1. The fourth-order valence-corrected chi connectivity index (χ4v) is 2.53. The van der Waals surface area contributed by atoms with Crippen molar-refractivity contribution in [3.8, 4) is 5.75 Å². The standard InChI is InChI=1S/C14H21NO/c1-11(2)15-8-6-12(7-9-15)13-4-3-5-14(16)10-13/h3-5,10-12,16H,6-9H2,1-2H3. The predicted molar refractivity (Wildman–Crippen MR) is 66.8 cm³/mol. The van der Waals surface area contributed by atoms with Gasteiger partial charge in [0.2, 0.25) is 0 Å². The van der Waals surface area contributed by atoms with Gasteiger partial charge in [-0.15, -0.1) is 0 Å². The molecule has 0 aromatic heterocycles. The molecular formula is C14H21NO. The first-order valence-corrected chi connectivity index (χ1v) is 6.20. The third kappa shape index (κ3) is 2.56. The van der Waals surface area contributed by atoms with Gasteiger partial charge >= 0.3 is 0 Å². The number of phenolic OH excluding ortho intramolecular Hbond substituents is 1. The molecular weight excluding hydrogens is 198 g/mol. The van der Waals surface area contributed by atoms with Crippen LogP contribution in [0.4, 0.5) is 0 Å². The van der Waals surface area contributed by atoms with Crippen molar-refractivity contribution < 1.29 is 5.11 Å². The zero-order chi connectivity index (χ0) is 11.5. The molecule has 0 radical (unpaired) electrons. The fourth-order valence-electron chi connectivity index (χ4n) is 2.53. The summed E-state index contributed by atoms with van der Waals surface area (Å²) in [5.74, 6) is 1.02. The Morgan fingerprint density at radius 1 is 1.25 bits per heavy atom. The highest BCUT2D eigenvalue weighted by Crippen LogP contribution is 2.30. The number of hydrogen-bond acceptors (Lipinski definition) is 2. The van der Waals surface area contributed by atoms with Crippen LogP contribution in [-0.4, -0.2) is 29.1 Å². The lowest BCUT2D eigenvalue weighted by Gasteiger charge is -2.34. The molecule has 2 nitrogen and oxygen atoms in total. The highest BCUT2D eigenvalue weighted by Gasteiger charge is 2.21. The minimum atomic E-state index is 0.392. The van der Waals surface area contributed by atoms with Gasteiger partial charge < -0.3 is 10.0 Å². The Bertz CT molecular complexity index is 340. The maximum Gasteiger partial charge on any atom is 0.115 e. The molecule has 2 heteroatoms. The van der Waals surface area contributed by atoms with Crippen LogP contribution in [0.25, 0.3) is 0 Å². The van der Waals surface area contributed by atoms with Crippen LogP contribution in [0.15, 0.2) is 24.3 Å². The molecule has 1 saturated heterocycles. The van der Waals surface area contributed by atoms with Gasteiger partial charge in [-0.3, -0.25) is 0 Å². The second kappa shape index (κ2) is 4.88. The van der Waals surface area contributed by atoms with Gasteiger partial charge in [0.15, 0.2) is 0 Å². The van der Waals surface area contributed by atoms with Gasteiger partial charge in [0.25, 0.3) is 0 Å². The molecule has 0 amide bonds. The molecule has 1 aromatic carbocycles. The molecule has 0 bridgehead atoms. The molecule has 0 spiro atoms. The first-order chi connectivity index (χ1) is 7.66. The zero-order valence-corrected chi connectivity index (χ0v) is 10.2. The molecule has 1 aliphatic heterocycles. The Kier molecular flexibility index (Phi) is 3.49. The SMILES string of the molecule is CC(C)N1CCC(c2cccc(O)c2)CC1. The van der Waals surface area contributed by atoms with Crippen LogP contribution < -0.4 is 0 Å². The molecule has 0 atom stereocenters. The summed E-state index contributed by atoms with van der Waals surface area (Å²) in [4.78, 5) is 2.53. The molecule has 1 aliphatic rings. The number of aromatic hydroxyl groups is 1. The molecule has 88 valence electrons. The van der Waals surface area contributed by atoms with Gasteiger partial charge in [-0.2, -0.15) is 0 Å². The molecule has 1 heterocycles. The van der Waals surface area contributed by atoms with Crippen LogP contribution >= 0.6 is 0 Å². The second-order valence-electron chi connectivity index (χ2n) is 5.00. The van der Waals surface area contributed by atoms with E-state index in [1.165, 1.54) is 31.5 Å². The summed E-state index contributed by atoms with van der Waals surface area (Å²) in [5.41, 5.74) is 1.29. The molecule has 2 rings (SSSR count). The summed E-state index contributed by atoms with van der Waals surface area (Å²) in [5, 5.41) is 9.47. The largest absolute Gasteiger partial charge is 0.508 e. The molecule has 16 heavy (non-hydrogen) atoms. The lowest BCUT2D eigenvalue weighted by molar-refractivity contribution is 0.172. The minimum absolute atomic E-state index is 0.392. The topological polar surface area (TPSA) is 23.5 Å². The molecule has 1 aromatic rings. The smallest absolute Gasteiger partial charge is 0.115 e. The van der Waals surface area contributed by atoms with Crippen LogP contribution in [0.1, 0.15) is 38.2 Å². The third-order valence-electron chi connectivity index (χ3n) is 3.60. The van der Waals surface area contributed by atoms with E-state index >= 15 is 0 Å². The van der Waals surface area contributed by atoms with Crippen molar-refractivity contribution in [2.24, 2.45) is 0 Å². The maximum atomic E-state index is 9.47. The van der Waals surface area contributed by atoms with Crippen molar-refractivity contribution in [3.63, 3.8) is 0 Å². The van der Waals surface area contributed by atoms with E-state index in [0.29, 0.717) is 17.7 Å². The van der Waals surface area contributed by atoms with Gasteiger partial charge in [0, 0.05) is 6.04 Å². The van der Waals surface area contributed by atoms with Crippen LogP contribution in [0.3, 0.4) is 0 Å². The highest BCUT2D eigenvalue weighted by atomic mass is 16.3. The fraction of sp³-hybridized carbons (Fsp3) is 0.571. The lowest BCUT2D eigenvalue weighted by atomic mass is 9.89. The van der Waals surface area contributed by atoms with E-state index in [0.717, 1.165) is 0 Å². The van der Waals surface area contributed by atoms with Crippen molar-refractivity contribution >= 4 is 0 Å². The predicted octanol–water partition coefficient (Wildman–Crippen LogP) is 2.98. The van der Waals surface area contributed by atoms with Crippen molar-refractivity contribution in [1.82, 2.24) is 4.90 Å². The van der Waals surface area contributed by atoms with E-state index in [4.69, 9.17) is 0 Å². The number of rotatable bonds is 2. The number of benzene rings is 1. The van der Waals surface area contributed by atoms with Gasteiger partial charge in [-0.05, 0) is 63.4 Å². The van der Waals surface area contributed by atoms with E-state index in [-0.39, 0.29) is 0 Å². The van der Waals surface area contributed by atoms with Crippen molar-refractivity contribution in [2.45, 2.75) is 38.6 Å². The van der Waals surface area contributed by atoms with Crippen molar-refractivity contribution in [3.05, 3.63) is 29.8 Å². The summed E-state index contributed by atoms with van der Waals surface area (Å²) in [6, 6.07) is 8.39. The van der Waals surface area contributed by atoms with Crippen LogP contribution in [0, 0.1) is 0 Å². The van der Waals surface area contributed by atoms with Crippen LogP contribution in [0.5, 0.6) is 5.75 Å². The first kappa shape index (κ1) is 11.5. The number of hydrogen-bond donors (Lipinski definition) is 1. The summed E-state index contributed by atoms with van der Waals surface area (Å²) < 4.78 is 0. The van der Waals surface area contributed by atoms with E-state index in [9.17, 15) is 5.11 Å². The summed E-state index contributed by atoms with van der Waals surface area (Å²) in [6.45, 7) is 6.87. The molecule has 1 N–H and O–H groups in total. The van der Waals surface area contributed by atoms with Gasteiger partial charge in [-0.25, -0.2) is 0 Å². The van der Waals surface area contributed by atoms with E-state index in [2.05, 4.69) is 24.8 Å². The molecule has 0 unspecified atom stereocenters. The normalized spacial score (nSPS) is 19.2. The maximum absolute atomic E-state index is 9.47. The first-order valence-electron chi connectivity index (χ1n) is 6.20. The quantitative estimate of drug-likeness (QED) is 0.826. The van der Waals surface area contributed by atoms with Crippen LogP contribution in [-0.2, 0) is 0 Å². The van der Waals surface area contributed by atoms with E-state index in [1.54, 1.807) is 6.07 Å². The Labute approximate surface area is 97.9 Å². The Balaban J connectivity index is 1.99. The third-order valence-corrected chi connectivity index (χ3v) is 3.60. The van der Waals surface area contributed by atoms with Gasteiger partial charge in [-0.1, -0.05) is 12.1 Å². The number of nitrogens with zero attached hydrogens (tertiary/aromatic N) is 1. The van der Waals surface area contributed by atoms with Gasteiger partial charge in [0.05, 0.1) is 0 Å². The minimum Gasteiger partial charge on any atom is -0.508 e. The van der Waals surface area contributed by atoms with Crippen LogP contribution in [0.2, 0.25) is 0 Å². The van der Waals surface area contributed by atoms with Gasteiger partial charge in [0.1, 0.15) is 5.75 Å². The zero-order valence-electron chi connectivity index (χ0n) is 10.2.